The monoisotopic (exact) mass is 250 g/mol. The summed E-state index contributed by atoms with van der Waals surface area (Å²) in [6.45, 7) is 2.63. The van der Waals surface area contributed by atoms with E-state index in [1.807, 2.05) is 0 Å². The van der Waals surface area contributed by atoms with Gasteiger partial charge in [-0.25, -0.2) is 0 Å². The van der Waals surface area contributed by atoms with Gasteiger partial charge in [-0.1, -0.05) is 13.3 Å². The molecular formula is C13H18N2O3. The standard InChI is InChI=1S/C13H18N2O3/c1-13(5-3-6-13)9-14-12(18)10-4-2-7-15(10)8-11(16)17/h2,4,7H,3,5-6,8-9H2,1H3,(H,14,18)(H,16,17). The van der Waals surface area contributed by atoms with Crippen LogP contribution in [0.1, 0.15) is 36.7 Å². The molecule has 0 aliphatic heterocycles. The highest BCUT2D eigenvalue weighted by molar-refractivity contribution is 5.93. The Morgan fingerprint density at radius 2 is 2.22 bits per heavy atom. The maximum Gasteiger partial charge on any atom is 0.323 e. The third-order valence-electron chi connectivity index (χ3n) is 3.60. The third-order valence-corrected chi connectivity index (χ3v) is 3.60. The Kier molecular flexibility index (Phi) is 3.41. The van der Waals surface area contributed by atoms with E-state index in [2.05, 4.69) is 12.2 Å². The smallest absolute Gasteiger partial charge is 0.323 e. The van der Waals surface area contributed by atoms with Gasteiger partial charge in [0.1, 0.15) is 12.2 Å². The lowest BCUT2D eigenvalue weighted by molar-refractivity contribution is -0.137. The first-order chi connectivity index (χ1) is 8.50. The van der Waals surface area contributed by atoms with E-state index in [9.17, 15) is 9.59 Å². The van der Waals surface area contributed by atoms with Crippen molar-refractivity contribution in [2.45, 2.75) is 32.7 Å². The zero-order valence-corrected chi connectivity index (χ0v) is 10.5. The van der Waals surface area contributed by atoms with Crippen LogP contribution < -0.4 is 5.32 Å². The van der Waals surface area contributed by atoms with Crippen molar-refractivity contribution in [2.75, 3.05) is 6.54 Å². The topological polar surface area (TPSA) is 71.3 Å². The van der Waals surface area contributed by atoms with Crippen molar-refractivity contribution in [3.8, 4) is 0 Å². The highest BCUT2D eigenvalue weighted by atomic mass is 16.4. The minimum Gasteiger partial charge on any atom is -0.480 e. The predicted octanol–water partition coefficient (Wildman–Crippen LogP) is 1.49. The molecule has 1 fully saturated rings. The number of carbonyl (C=O) groups excluding carboxylic acids is 1. The zero-order valence-electron chi connectivity index (χ0n) is 10.5. The zero-order chi connectivity index (χ0) is 13.2. The van der Waals surface area contributed by atoms with Crippen LogP contribution in [0.4, 0.5) is 0 Å². The maximum absolute atomic E-state index is 12.0. The minimum absolute atomic E-state index is 0.187. The Hall–Kier alpha value is -1.78. The number of aromatic nitrogens is 1. The summed E-state index contributed by atoms with van der Waals surface area (Å²) in [5.41, 5.74) is 0.625. The molecule has 1 heterocycles. The summed E-state index contributed by atoms with van der Waals surface area (Å²) in [6.07, 6.45) is 5.11. The number of hydrogen-bond acceptors (Lipinski definition) is 2. The van der Waals surface area contributed by atoms with E-state index in [1.165, 1.54) is 11.0 Å². The molecule has 98 valence electrons. The van der Waals surface area contributed by atoms with Crippen molar-refractivity contribution in [2.24, 2.45) is 5.41 Å². The summed E-state index contributed by atoms with van der Waals surface area (Å²) in [7, 11) is 0. The van der Waals surface area contributed by atoms with E-state index < -0.39 is 5.97 Å². The molecule has 0 aromatic carbocycles. The lowest BCUT2D eigenvalue weighted by atomic mass is 9.70. The summed E-state index contributed by atoms with van der Waals surface area (Å²) < 4.78 is 1.45. The quantitative estimate of drug-likeness (QED) is 0.831. The van der Waals surface area contributed by atoms with E-state index in [0.717, 1.165) is 12.8 Å². The largest absolute Gasteiger partial charge is 0.480 e. The fraction of sp³-hybridized carbons (Fsp3) is 0.538. The third kappa shape index (κ3) is 2.72. The summed E-state index contributed by atoms with van der Waals surface area (Å²) in [6, 6.07) is 3.32. The van der Waals surface area contributed by atoms with Gasteiger partial charge in [-0.2, -0.15) is 0 Å². The number of carboxylic acids is 1. The number of nitrogens with zero attached hydrogens (tertiary/aromatic N) is 1. The molecule has 0 unspecified atom stereocenters. The van der Waals surface area contributed by atoms with Crippen molar-refractivity contribution in [3.63, 3.8) is 0 Å². The predicted molar refractivity (Wildman–Crippen MR) is 66.4 cm³/mol. The molecule has 0 radical (unpaired) electrons. The Bertz CT molecular complexity index is 461. The Balaban J connectivity index is 1.96. The molecule has 5 nitrogen and oxygen atoms in total. The fourth-order valence-corrected chi connectivity index (χ4v) is 2.25. The summed E-state index contributed by atoms with van der Waals surface area (Å²) >= 11 is 0. The first-order valence-electron chi connectivity index (χ1n) is 6.15. The molecule has 1 saturated carbocycles. The van der Waals surface area contributed by atoms with Crippen molar-refractivity contribution in [1.82, 2.24) is 9.88 Å². The van der Waals surface area contributed by atoms with Gasteiger partial charge in [0.05, 0.1) is 0 Å². The first-order valence-corrected chi connectivity index (χ1v) is 6.15. The van der Waals surface area contributed by atoms with Gasteiger partial charge in [-0.15, -0.1) is 0 Å². The Labute approximate surface area is 106 Å². The summed E-state index contributed by atoms with van der Waals surface area (Å²) in [5.74, 6) is -1.15. The molecule has 1 aromatic heterocycles. The average Bonchev–Trinajstić information content (AvgIpc) is 2.70. The molecule has 0 spiro atoms. The van der Waals surface area contributed by atoms with E-state index in [4.69, 9.17) is 5.11 Å². The van der Waals surface area contributed by atoms with Crippen LogP contribution in [0.5, 0.6) is 0 Å². The average molecular weight is 250 g/mol. The van der Waals surface area contributed by atoms with Crippen LogP contribution in [0, 0.1) is 5.41 Å². The second kappa shape index (κ2) is 4.84. The van der Waals surface area contributed by atoms with Crippen molar-refractivity contribution in [3.05, 3.63) is 24.0 Å². The number of amides is 1. The molecule has 2 rings (SSSR count). The molecule has 0 saturated heterocycles. The number of rotatable bonds is 5. The number of carboxylic acid groups (broad SMARTS) is 1. The van der Waals surface area contributed by atoms with Crippen LogP contribution in [0.25, 0.3) is 0 Å². The van der Waals surface area contributed by atoms with Crippen molar-refractivity contribution >= 4 is 11.9 Å². The molecule has 5 heteroatoms. The van der Waals surface area contributed by atoms with Crippen molar-refractivity contribution < 1.29 is 14.7 Å². The number of carbonyl (C=O) groups is 2. The van der Waals surface area contributed by atoms with Gasteiger partial charge in [-0.05, 0) is 30.4 Å². The van der Waals surface area contributed by atoms with Crippen LogP contribution in [0.3, 0.4) is 0 Å². The van der Waals surface area contributed by atoms with Crippen LogP contribution in [0.15, 0.2) is 18.3 Å². The van der Waals surface area contributed by atoms with Gasteiger partial charge in [-0.3, -0.25) is 9.59 Å². The number of hydrogen-bond donors (Lipinski definition) is 2. The number of nitrogens with one attached hydrogen (secondary N) is 1. The van der Waals surface area contributed by atoms with Gasteiger partial charge in [0.15, 0.2) is 0 Å². The fourth-order valence-electron chi connectivity index (χ4n) is 2.25. The highest BCUT2D eigenvalue weighted by Crippen LogP contribution is 2.39. The molecule has 18 heavy (non-hydrogen) atoms. The second-order valence-corrected chi connectivity index (χ2v) is 5.26. The van der Waals surface area contributed by atoms with Crippen LogP contribution in [-0.2, 0) is 11.3 Å². The lowest BCUT2D eigenvalue weighted by Gasteiger charge is -2.38. The second-order valence-electron chi connectivity index (χ2n) is 5.26. The van der Waals surface area contributed by atoms with E-state index in [1.54, 1.807) is 18.3 Å². The van der Waals surface area contributed by atoms with Gasteiger partial charge in [0.2, 0.25) is 0 Å². The molecule has 0 bridgehead atoms. The van der Waals surface area contributed by atoms with Gasteiger partial charge < -0.3 is 15.0 Å². The molecule has 0 atom stereocenters. The van der Waals surface area contributed by atoms with E-state index in [0.29, 0.717) is 12.2 Å². The van der Waals surface area contributed by atoms with Crippen LogP contribution in [-0.4, -0.2) is 28.1 Å². The molecule has 1 aliphatic carbocycles. The van der Waals surface area contributed by atoms with Crippen molar-refractivity contribution in [1.29, 1.82) is 0 Å². The minimum atomic E-state index is -0.953. The normalized spacial score (nSPS) is 16.9. The Morgan fingerprint density at radius 3 is 2.78 bits per heavy atom. The SMILES string of the molecule is CC1(CNC(=O)c2cccn2CC(=O)O)CCC1. The summed E-state index contributed by atoms with van der Waals surface area (Å²) in [4.78, 5) is 22.6. The molecule has 1 aromatic rings. The maximum atomic E-state index is 12.0. The first kappa shape index (κ1) is 12.7. The van der Waals surface area contributed by atoms with Gasteiger partial charge in [0.25, 0.3) is 5.91 Å². The van der Waals surface area contributed by atoms with E-state index in [-0.39, 0.29) is 17.9 Å². The van der Waals surface area contributed by atoms with Gasteiger partial charge >= 0.3 is 5.97 Å². The number of aliphatic carboxylic acids is 1. The molecule has 1 amide bonds. The Morgan fingerprint density at radius 1 is 1.50 bits per heavy atom. The summed E-state index contributed by atoms with van der Waals surface area (Å²) in [5, 5.41) is 11.6. The highest BCUT2D eigenvalue weighted by Gasteiger charge is 2.32. The molecular weight excluding hydrogens is 232 g/mol. The lowest BCUT2D eigenvalue weighted by Crippen LogP contribution is -2.40. The van der Waals surface area contributed by atoms with Crippen LogP contribution in [0.2, 0.25) is 0 Å². The molecule has 1 aliphatic rings. The van der Waals surface area contributed by atoms with Crippen LogP contribution >= 0.6 is 0 Å². The molecule has 2 N–H and O–H groups in total. The van der Waals surface area contributed by atoms with E-state index >= 15 is 0 Å². The van der Waals surface area contributed by atoms with Gasteiger partial charge in [0, 0.05) is 12.7 Å².